The first-order valence-corrected chi connectivity index (χ1v) is 16.1. The molecule has 0 amide bonds. The number of thiophene rings is 2. The molecule has 0 bridgehead atoms. The molecule has 0 aliphatic rings. The Morgan fingerprint density at radius 3 is 1.52 bits per heavy atom. The normalized spacial score (nSPS) is 12.3. The van der Waals surface area contributed by atoms with E-state index < -0.39 is 0 Å². The molecule has 2 nitrogen and oxygen atoms in total. The van der Waals surface area contributed by atoms with E-state index in [2.05, 4.69) is 134 Å². The molecule has 4 heteroatoms. The van der Waals surface area contributed by atoms with Gasteiger partial charge in [-0.25, -0.2) is 0 Å². The van der Waals surface area contributed by atoms with Gasteiger partial charge in [-0.15, -0.1) is 22.7 Å². The van der Waals surface area contributed by atoms with Crippen molar-refractivity contribution in [2.45, 2.75) is 27.7 Å². The van der Waals surface area contributed by atoms with Crippen LogP contribution >= 0.6 is 22.7 Å². The maximum Gasteiger partial charge on any atom is 0.0804 e. The molecule has 0 aliphatic heterocycles. The van der Waals surface area contributed by atoms with E-state index in [0.29, 0.717) is 0 Å². The summed E-state index contributed by atoms with van der Waals surface area (Å²) in [7, 11) is 0. The number of aryl methyl sites for hydroxylation is 4. The van der Waals surface area contributed by atoms with Gasteiger partial charge in [0, 0.05) is 42.3 Å². The highest BCUT2D eigenvalue weighted by Crippen LogP contribution is 2.48. The number of hydrogen-bond donors (Lipinski definition) is 0. The van der Waals surface area contributed by atoms with Crippen molar-refractivity contribution in [1.82, 2.24) is 9.13 Å². The molecule has 42 heavy (non-hydrogen) atoms. The van der Waals surface area contributed by atoms with E-state index in [1.165, 1.54) is 96.0 Å². The summed E-state index contributed by atoms with van der Waals surface area (Å²) in [5.41, 5.74) is 12.6. The van der Waals surface area contributed by atoms with E-state index >= 15 is 0 Å². The molecule has 0 saturated heterocycles. The molecule has 5 aromatic carbocycles. The first-order valence-electron chi connectivity index (χ1n) is 14.4. The monoisotopic (exact) mass is 576 g/mol. The lowest BCUT2D eigenvalue weighted by atomic mass is 10.1. The fourth-order valence-electron chi connectivity index (χ4n) is 6.67. The molecular formula is C38H28N2S2. The third-order valence-corrected chi connectivity index (χ3v) is 11.3. The van der Waals surface area contributed by atoms with Crippen LogP contribution in [0.15, 0.2) is 97.1 Å². The topological polar surface area (TPSA) is 9.86 Å². The van der Waals surface area contributed by atoms with Crippen LogP contribution in [0.5, 0.6) is 0 Å². The van der Waals surface area contributed by atoms with Crippen LogP contribution in [-0.4, -0.2) is 9.13 Å². The highest BCUT2D eigenvalue weighted by atomic mass is 32.1. The van der Waals surface area contributed by atoms with Crippen molar-refractivity contribution in [3.8, 4) is 11.4 Å². The summed E-state index contributed by atoms with van der Waals surface area (Å²) in [5, 5.41) is 5.31. The maximum absolute atomic E-state index is 2.51. The summed E-state index contributed by atoms with van der Waals surface area (Å²) in [6, 6.07) is 36.7. The van der Waals surface area contributed by atoms with Crippen molar-refractivity contribution >= 4 is 85.1 Å². The van der Waals surface area contributed by atoms with E-state index in [1.54, 1.807) is 0 Å². The van der Waals surface area contributed by atoms with Crippen LogP contribution in [0.4, 0.5) is 0 Å². The fourth-order valence-corrected chi connectivity index (χ4v) is 9.44. The summed E-state index contributed by atoms with van der Waals surface area (Å²) in [4.78, 5) is 0. The van der Waals surface area contributed by atoms with Crippen LogP contribution in [0.3, 0.4) is 0 Å². The van der Waals surface area contributed by atoms with Crippen LogP contribution in [0.2, 0.25) is 0 Å². The molecule has 202 valence electrons. The minimum absolute atomic E-state index is 1.20. The fraction of sp³-hybridized carbons (Fsp3) is 0.105. The Labute approximate surface area is 251 Å². The van der Waals surface area contributed by atoms with Gasteiger partial charge in [-0.3, -0.25) is 0 Å². The Morgan fingerprint density at radius 1 is 0.405 bits per heavy atom. The van der Waals surface area contributed by atoms with Gasteiger partial charge < -0.3 is 9.13 Å². The first-order chi connectivity index (χ1) is 20.4. The Bertz CT molecular complexity index is 2530. The molecule has 0 saturated carbocycles. The highest BCUT2D eigenvalue weighted by Gasteiger charge is 2.24. The van der Waals surface area contributed by atoms with Crippen molar-refractivity contribution in [2.75, 3.05) is 0 Å². The number of hydrogen-bond acceptors (Lipinski definition) is 2. The predicted molar refractivity (Wildman–Crippen MR) is 185 cm³/mol. The molecule has 9 aromatic rings. The van der Waals surface area contributed by atoms with Crippen molar-refractivity contribution in [2.24, 2.45) is 0 Å². The maximum atomic E-state index is 2.51. The lowest BCUT2D eigenvalue weighted by Crippen LogP contribution is -1.94. The number of rotatable bonds is 2. The second kappa shape index (κ2) is 8.57. The second-order valence-corrected chi connectivity index (χ2v) is 13.9. The minimum Gasteiger partial charge on any atom is -0.307 e. The van der Waals surface area contributed by atoms with E-state index in [0.717, 1.165) is 0 Å². The zero-order valence-electron chi connectivity index (χ0n) is 23.9. The van der Waals surface area contributed by atoms with Crippen LogP contribution in [0, 0.1) is 27.7 Å². The van der Waals surface area contributed by atoms with Gasteiger partial charge in [0.2, 0.25) is 0 Å². The predicted octanol–water partition coefficient (Wildman–Crippen LogP) is 11.5. The number of benzene rings is 5. The van der Waals surface area contributed by atoms with Gasteiger partial charge in [0.25, 0.3) is 0 Å². The third-order valence-electron chi connectivity index (χ3n) is 8.76. The Morgan fingerprint density at radius 2 is 0.881 bits per heavy atom. The SMILES string of the molecule is Cc1ccc(-n2c3cc(C)ccc3c3c2c2cc4sc5c6ccc(C)cc6sc5c4cc2n3-c2ccc(C)cc2)cc1. The lowest BCUT2D eigenvalue weighted by Gasteiger charge is -2.10. The third kappa shape index (κ3) is 3.31. The van der Waals surface area contributed by atoms with Crippen molar-refractivity contribution in [1.29, 1.82) is 0 Å². The molecule has 0 unspecified atom stereocenters. The molecule has 0 aliphatic carbocycles. The number of nitrogens with zero attached hydrogens (tertiary/aromatic N) is 2. The second-order valence-electron chi connectivity index (χ2n) is 11.8. The Hall–Kier alpha value is -4.38. The first kappa shape index (κ1) is 24.2. The van der Waals surface area contributed by atoms with Crippen molar-refractivity contribution in [3.05, 3.63) is 119 Å². The van der Waals surface area contributed by atoms with Crippen LogP contribution < -0.4 is 0 Å². The summed E-state index contributed by atoms with van der Waals surface area (Å²) < 4.78 is 10.5. The summed E-state index contributed by atoms with van der Waals surface area (Å²) in [5.74, 6) is 0. The largest absolute Gasteiger partial charge is 0.307 e. The van der Waals surface area contributed by atoms with E-state index in [-0.39, 0.29) is 0 Å². The Kier molecular flexibility index (Phi) is 4.95. The van der Waals surface area contributed by atoms with E-state index in [9.17, 15) is 0 Å². The van der Waals surface area contributed by atoms with Crippen molar-refractivity contribution in [3.63, 3.8) is 0 Å². The zero-order valence-corrected chi connectivity index (χ0v) is 25.6. The molecule has 0 radical (unpaired) electrons. The van der Waals surface area contributed by atoms with Gasteiger partial charge in [-0.05, 0) is 87.4 Å². The highest BCUT2D eigenvalue weighted by molar-refractivity contribution is 7.36. The number of fused-ring (bicyclic) bond motifs is 10. The van der Waals surface area contributed by atoms with E-state index in [4.69, 9.17) is 0 Å². The molecule has 0 N–H and O–H groups in total. The Balaban J connectivity index is 1.50. The minimum atomic E-state index is 1.20. The van der Waals surface area contributed by atoms with Crippen LogP contribution in [-0.2, 0) is 0 Å². The molecule has 0 atom stereocenters. The molecule has 0 spiro atoms. The van der Waals surface area contributed by atoms with Gasteiger partial charge in [0.1, 0.15) is 0 Å². The van der Waals surface area contributed by atoms with Gasteiger partial charge in [-0.2, -0.15) is 0 Å². The molecule has 4 aromatic heterocycles. The molecule has 0 fully saturated rings. The van der Waals surface area contributed by atoms with Gasteiger partial charge in [0.15, 0.2) is 0 Å². The smallest absolute Gasteiger partial charge is 0.0804 e. The summed E-state index contributed by atoms with van der Waals surface area (Å²) in [6.45, 7) is 8.69. The quantitative estimate of drug-likeness (QED) is 0.194. The summed E-state index contributed by atoms with van der Waals surface area (Å²) >= 11 is 3.87. The number of aromatic nitrogens is 2. The van der Waals surface area contributed by atoms with E-state index in [1.807, 2.05) is 22.7 Å². The summed E-state index contributed by atoms with van der Waals surface area (Å²) in [6.07, 6.45) is 0. The van der Waals surface area contributed by atoms with Crippen LogP contribution in [0.25, 0.3) is 73.8 Å². The van der Waals surface area contributed by atoms with Gasteiger partial charge in [0.05, 0.1) is 31.5 Å². The van der Waals surface area contributed by atoms with Gasteiger partial charge in [-0.1, -0.05) is 59.7 Å². The standard InChI is InChI=1S/C38H28N2S2/c1-21-5-11-25(12-6-21)39-31-17-23(3)9-15-27(31)35-36(39)29-20-34-30(19-32(29)40(35)26-13-7-22(2)8-14-26)38-37(42-34)28-16-10-24(4)18-33(28)41-38/h5-20H,1-4H3. The average Bonchev–Trinajstić information content (AvgIpc) is 3.69. The lowest BCUT2D eigenvalue weighted by molar-refractivity contribution is 1.17. The average molecular weight is 577 g/mol. The van der Waals surface area contributed by atoms with Crippen molar-refractivity contribution < 1.29 is 0 Å². The molecular weight excluding hydrogens is 549 g/mol. The molecule has 9 rings (SSSR count). The van der Waals surface area contributed by atoms with Crippen LogP contribution in [0.1, 0.15) is 22.3 Å². The van der Waals surface area contributed by atoms with Gasteiger partial charge >= 0.3 is 0 Å². The molecule has 4 heterocycles. The zero-order chi connectivity index (χ0) is 28.3.